The first-order valence-electron chi connectivity index (χ1n) is 7.41. The van der Waals surface area contributed by atoms with E-state index < -0.39 is 0 Å². The first-order chi connectivity index (χ1) is 10.2. The molecule has 2 aromatic carbocycles. The fourth-order valence-electron chi connectivity index (χ4n) is 1.96. The van der Waals surface area contributed by atoms with E-state index in [0.29, 0.717) is 6.04 Å². The molecule has 2 rings (SSSR count). The molecule has 1 N–H and O–H groups in total. The van der Waals surface area contributed by atoms with Crippen LogP contribution >= 0.6 is 11.8 Å². The van der Waals surface area contributed by atoms with E-state index in [-0.39, 0.29) is 0 Å². The molecule has 110 valence electrons. The van der Waals surface area contributed by atoms with Crippen LogP contribution in [0.4, 0.5) is 0 Å². The van der Waals surface area contributed by atoms with Crippen molar-refractivity contribution < 1.29 is 0 Å². The molecule has 0 radical (unpaired) electrons. The third-order valence-electron chi connectivity index (χ3n) is 3.07. The van der Waals surface area contributed by atoms with E-state index in [1.165, 1.54) is 16.0 Å². The highest BCUT2D eigenvalue weighted by Crippen LogP contribution is 2.19. The minimum absolute atomic E-state index is 0.523. The number of rotatable bonds is 7. The predicted molar refractivity (Wildman–Crippen MR) is 94.6 cm³/mol. The van der Waals surface area contributed by atoms with Gasteiger partial charge in [0.1, 0.15) is 0 Å². The second-order valence-corrected chi connectivity index (χ2v) is 6.40. The molecule has 0 aliphatic carbocycles. The summed E-state index contributed by atoms with van der Waals surface area (Å²) in [6.45, 7) is 5.28. The van der Waals surface area contributed by atoms with Crippen molar-refractivity contribution in [1.29, 1.82) is 0 Å². The molecule has 0 aliphatic heterocycles. The maximum atomic E-state index is 3.45. The highest BCUT2D eigenvalue weighted by atomic mass is 32.2. The van der Waals surface area contributed by atoms with Gasteiger partial charge in [-0.15, -0.1) is 11.8 Å². The molecule has 0 aliphatic rings. The van der Waals surface area contributed by atoms with E-state index in [0.717, 1.165) is 12.3 Å². The van der Waals surface area contributed by atoms with E-state index >= 15 is 0 Å². The molecule has 0 spiro atoms. The Morgan fingerprint density at radius 3 is 2.62 bits per heavy atom. The van der Waals surface area contributed by atoms with Gasteiger partial charge in [-0.1, -0.05) is 68.5 Å². The molecule has 0 bridgehead atoms. The van der Waals surface area contributed by atoms with Crippen LogP contribution in [0.3, 0.4) is 0 Å². The summed E-state index contributed by atoms with van der Waals surface area (Å²) in [5.41, 5.74) is 2.61. The fraction of sp³-hybridized carbons (Fsp3) is 0.263. The SMILES string of the molecule is CC(C)NCc1cccc(SCC=Cc2ccccc2)c1. The largest absolute Gasteiger partial charge is 0.310 e. The highest BCUT2D eigenvalue weighted by Gasteiger charge is 1.97. The molecule has 21 heavy (non-hydrogen) atoms. The minimum atomic E-state index is 0.523. The summed E-state index contributed by atoms with van der Waals surface area (Å²) in [5, 5.41) is 3.45. The first kappa shape index (κ1) is 15.9. The Morgan fingerprint density at radius 1 is 1.05 bits per heavy atom. The zero-order chi connectivity index (χ0) is 14.9. The zero-order valence-corrected chi connectivity index (χ0v) is 13.6. The predicted octanol–water partition coefficient (Wildman–Crippen LogP) is 4.99. The number of hydrogen-bond acceptors (Lipinski definition) is 2. The molecule has 0 unspecified atom stereocenters. The standard InChI is InChI=1S/C19H23NS/c1-16(2)20-15-18-10-6-12-19(14-18)21-13-7-11-17-8-4-3-5-9-17/h3-12,14,16,20H,13,15H2,1-2H3. The lowest BCUT2D eigenvalue weighted by atomic mass is 10.2. The molecule has 0 fully saturated rings. The normalized spacial score (nSPS) is 11.4. The van der Waals surface area contributed by atoms with Gasteiger partial charge in [0.15, 0.2) is 0 Å². The van der Waals surface area contributed by atoms with Crippen LogP contribution in [0.2, 0.25) is 0 Å². The third-order valence-corrected chi connectivity index (χ3v) is 4.02. The Labute approximate surface area is 132 Å². The van der Waals surface area contributed by atoms with Crippen molar-refractivity contribution in [3.8, 4) is 0 Å². The van der Waals surface area contributed by atoms with Crippen molar-refractivity contribution in [2.75, 3.05) is 5.75 Å². The second kappa shape index (κ2) is 8.71. The number of nitrogens with one attached hydrogen (secondary N) is 1. The van der Waals surface area contributed by atoms with Crippen molar-refractivity contribution in [3.05, 3.63) is 71.8 Å². The van der Waals surface area contributed by atoms with Crippen molar-refractivity contribution >= 4 is 17.8 Å². The van der Waals surface area contributed by atoms with Gasteiger partial charge in [0.2, 0.25) is 0 Å². The van der Waals surface area contributed by atoms with Crippen LogP contribution in [0.1, 0.15) is 25.0 Å². The Balaban J connectivity index is 1.83. The monoisotopic (exact) mass is 297 g/mol. The molecule has 0 saturated heterocycles. The molecule has 2 heteroatoms. The number of benzene rings is 2. The van der Waals surface area contributed by atoms with Gasteiger partial charge in [-0.2, -0.15) is 0 Å². The van der Waals surface area contributed by atoms with Crippen LogP contribution in [0.15, 0.2) is 65.6 Å². The highest BCUT2D eigenvalue weighted by molar-refractivity contribution is 7.99. The Bertz CT molecular complexity index is 561. The molecule has 0 atom stereocenters. The molecule has 0 heterocycles. The van der Waals surface area contributed by atoms with Gasteiger partial charge < -0.3 is 5.32 Å². The maximum Gasteiger partial charge on any atom is 0.0208 e. The lowest BCUT2D eigenvalue weighted by molar-refractivity contribution is 0.588. The van der Waals surface area contributed by atoms with Crippen LogP contribution in [0.25, 0.3) is 6.08 Å². The maximum absolute atomic E-state index is 3.45. The summed E-state index contributed by atoms with van der Waals surface area (Å²) in [6.07, 6.45) is 4.40. The van der Waals surface area contributed by atoms with Gasteiger partial charge in [0.05, 0.1) is 0 Å². The molecule has 2 aromatic rings. The molecule has 0 saturated carbocycles. The van der Waals surface area contributed by atoms with Gasteiger partial charge in [0.25, 0.3) is 0 Å². The summed E-state index contributed by atoms with van der Waals surface area (Å²) in [5.74, 6) is 0.996. The van der Waals surface area contributed by atoms with E-state index in [2.05, 4.69) is 79.8 Å². The van der Waals surface area contributed by atoms with E-state index in [4.69, 9.17) is 0 Å². The summed E-state index contributed by atoms with van der Waals surface area (Å²) < 4.78 is 0. The second-order valence-electron chi connectivity index (χ2n) is 5.31. The molecule has 1 nitrogen and oxygen atoms in total. The van der Waals surface area contributed by atoms with Crippen LogP contribution in [-0.2, 0) is 6.54 Å². The number of thioether (sulfide) groups is 1. The van der Waals surface area contributed by atoms with E-state index in [1.54, 1.807) is 0 Å². The average Bonchev–Trinajstić information content (AvgIpc) is 2.51. The number of hydrogen-bond donors (Lipinski definition) is 1. The van der Waals surface area contributed by atoms with Crippen LogP contribution in [-0.4, -0.2) is 11.8 Å². The van der Waals surface area contributed by atoms with Crippen molar-refractivity contribution in [1.82, 2.24) is 5.32 Å². The lowest BCUT2D eigenvalue weighted by Crippen LogP contribution is -2.21. The topological polar surface area (TPSA) is 12.0 Å². The fourth-order valence-corrected chi connectivity index (χ4v) is 2.75. The zero-order valence-electron chi connectivity index (χ0n) is 12.8. The van der Waals surface area contributed by atoms with Crippen molar-refractivity contribution in [2.45, 2.75) is 31.3 Å². The van der Waals surface area contributed by atoms with Crippen LogP contribution in [0, 0.1) is 0 Å². The van der Waals surface area contributed by atoms with E-state index in [9.17, 15) is 0 Å². The molecular formula is C19H23NS. The quantitative estimate of drug-likeness (QED) is 0.723. The summed E-state index contributed by atoms with van der Waals surface area (Å²) in [4.78, 5) is 1.33. The van der Waals surface area contributed by atoms with Crippen LogP contribution < -0.4 is 5.32 Å². The molecule has 0 aromatic heterocycles. The van der Waals surface area contributed by atoms with Gasteiger partial charge >= 0.3 is 0 Å². The molecular weight excluding hydrogens is 274 g/mol. The smallest absolute Gasteiger partial charge is 0.0208 e. The Morgan fingerprint density at radius 2 is 1.86 bits per heavy atom. The third kappa shape index (κ3) is 6.19. The summed E-state index contributed by atoms with van der Waals surface area (Å²) in [7, 11) is 0. The summed E-state index contributed by atoms with van der Waals surface area (Å²) >= 11 is 1.87. The molecule has 0 amide bonds. The lowest BCUT2D eigenvalue weighted by Gasteiger charge is -2.09. The Hall–Kier alpha value is -1.51. The van der Waals surface area contributed by atoms with Gasteiger partial charge in [0, 0.05) is 23.2 Å². The minimum Gasteiger partial charge on any atom is -0.310 e. The summed E-state index contributed by atoms with van der Waals surface area (Å²) in [6, 6.07) is 19.7. The van der Waals surface area contributed by atoms with Gasteiger partial charge in [-0.3, -0.25) is 0 Å². The van der Waals surface area contributed by atoms with E-state index in [1.807, 2.05) is 17.8 Å². The van der Waals surface area contributed by atoms with Crippen molar-refractivity contribution in [2.24, 2.45) is 0 Å². The average molecular weight is 297 g/mol. The first-order valence-corrected chi connectivity index (χ1v) is 8.39. The van der Waals surface area contributed by atoms with Crippen molar-refractivity contribution in [3.63, 3.8) is 0 Å². The Kier molecular flexibility index (Phi) is 6.58. The van der Waals surface area contributed by atoms with Gasteiger partial charge in [-0.25, -0.2) is 0 Å². The van der Waals surface area contributed by atoms with Gasteiger partial charge in [-0.05, 0) is 23.3 Å². The van der Waals surface area contributed by atoms with Crippen LogP contribution in [0.5, 0.6) is 0 Å².